The predicted molar refractivity (Wildman–Crippen MR) is 117 cm³/mol. The number of nitrogens with one attached hydrogen (secondary N) is 2. The molecular weight excluding hydrogens is 445 g/mol. The number of thioether (sulfide) groups is 1. The number of benzene rings is 1. The molecule has 1 aliphatic rings. The zero-order chi connectivity index (χ0) is 16.6. The van der Waals surface area contributed by atoms with Crippen molar-refractivity contribution in [3.05, 3.63) is 48.5 Å². The topological polar surface area (TPSA) is 54.2 Å². The van der Waals surface area contributed by atoms with Crippen molar-refractivity contribution >= 4 is 41.7 Å². The number of imidazole rings is 1. The highest BCUT2D eigenvalue weighted by molar-refractivity contribution is 14.0. The predicted octanol–water partition coefficient (Wildman–Crippen LogP) is 3.44. The molecule has 1 aliphatic heterocycles. The van der Waals surface area contributed by atoms with Crippen LogP contribution in [0.25, 0.3) is 5.69 Å². The minimum Gasteiger partial charge on any atom is -0.357 e. The molecular formula is C18H26IN5S. The van der Waals surface area contributed by atoms with E-state index >= 15 is 0 Å². The van der Waals surface area contributed by atoms with E-state index < -0.39 is 0 Å². The van der Waals surface area contributed by atoms with Crippen molar-refractivity contribution in [3.8, 4) is 5.69 Å². The van der Waals surface area contributed by atoms with Gasteiger partial charge in [0.1, 0.15) is 0 Å². The number of halogens is 1. The van der Waals surface area contributed by atoms with Gasteiger partial charge in [0.2, 0.25) is 0 Å². The summed E-state index contributed by atoms with van der Waals surface area (Å²) in [6.07, 6.45) is 8.22. The smallest absolute Gasteiger partial charge is 0.191 e. The lowest BCUT2D eigenvalue weighted by Gasteiger charge is -2.15. The summed E-state index contributed by atoms with van der Waals surface area (Å²) in [6, 6.07) is 8.32. The molecule has 25 heavy (non-hydrogen) atoms. The first-order chi connectivity index (χ1) is 11.9. The van der Waals surface area contributed by atoms with Gasteiger partial charge in [0.25, 0.3) is 0 Å². The molecule has 1 aromatic heterocycles. The molecule has 3 rings (SSSR count). The molecule has 2 heterocycles. The Morgan fingerprint density at radius 3 is 2.96 bits per heavy atom. The number of para-hydroxylation sites is 1. The molecule has 1 atom stereocenters. The summed E-state index contributed by atoms with van der Waals surface area (Å²) in [6.45, 7) is 4.59. The average molecular weight is 471 g/mol. The van der Waals surface area contributed by atoms with E-state index in [1.807, 2.05) is 23.2 Å². The summed E-state index contributed by atoms with van der Waals surface area (Å²) in [5.41, 5.74) is 2.31. The fourth-order valence-corrected chi connectivity index (χ4v) is 4.02. The molecule has 1 fully saturated rings. The van der Waals surface area contributed by atoms with Gasteiger partial charge in [-0.3, -0.25) is 0 Å². The Labute approximate surface area is 171 Å². The number of hydrogen-bond donors (Lipinski definition) is 2. The zero-order valence-electron chi connectivity index (χ0n) is 14.5. The summed E-state index contributed by atoms with van der Waals surface area (Å²) in [7, 11) is 0. The van der Waals surface area contributed by atoms with E-state index in [2.05, 4.69) is 52.5 Å². The monoisotopic (exact) mass is 471 g/mol. The molecule has 136 valence electrons. The Bertz CT molecular complexity index is 653. The fourth-order valence-electron chi connectivity index (χ4n) is 2.82. The molecule has 0 spiro atoms. The molecule has 1 aromatic carbocycles. The van der Waals surface area contributed by atoms with Gasteiger partial charge >= 0.3 is 0 Å². The third-order valence-electron chi connectivity index (χ3n) is 4.05. The van der Waals surface area contributed by atoms with Gasteiger partial charge in [-0.05, 0) is 37.1 Å². The van der Waals surface area contributed by atoms with Gasteiger partial charge in [0.05, 0.1) is 18.6 Å². The number of hydrogen-bond acceptors (Lipinski definition) is 3. The van der Waals surface area contributed by atoms with Crippen molar-refractivity contribution in [2.24, 2.45) is 4.99 Å². The van der Waals surface area contributed by atoms with E-state index in [4.69, 9.17) is 4.99 Å². The number of aliphatic imine (C=N–C) groups is 1. The summed E-state index contributed by atoms with van der Waals surface area (Å²) < 4.78 is 2.03. The van der Waals surface area contributed by atoms with Gasteiger partial charge in [-0.1, -0.05) is 18.2 Å². The van der Waals surface area contributed by atoms with Crippen molar-refractivity contribution in [3.63, 3.8) is 0 Å². The largest absolute Gasteiger partial charge is 0.357 e. The van der Waals surface area contributed by atoms with Gasteiger partial charge in [0.15, 0.2) is 5.96 Å². The second-order valence-corrected chi connectivity index (χ2v) is 7.22. The van der Waals surface area contributed by atoms with Crippen LogP contribution in [-0.2, 0) is 6.54 Å². The van der Waals surface area contributed by atoms with Crippen LogP contribution in [0.4, 0.5) is 0 Å². The molecule has 5 nitrogen and oxygen atoms in total. The van der Waals surface area contributed by atoms with E-state index in [0.29, 0.717) is 11.8 Å². The van der Waals surface area contributed by atoms with Crippen molar-refractivity contribution in [1.29, 1.82) is 0 Å². The van der Waals surface area contributed by atoms with E-state index in [1.165, 1.54) is 24.2 Å². The second kappa shape index (κ2) is 10.7. The molecule has 0 aliphatic carbocycles. The van der Waals surface area contributed by atoms with Crippen LogP contribution in [0.5, 0.6) is 0 Å². The molecule has 2 aromatic rings. The maximum atomic E-state index is 4.77. The number of aromatic nitrogens is 2. The van der Waals surface area contributed by atoms with Crippen molar-refractivity contribution in [1.82, 2.24) is 20.2 Å². The maximum Gasteiger partial charge on any atom is 0.191 e. The standard InChI is InChI=1S/C18H25N5S.HI/c1-2-20-18(22-13-16-7-5-11-24-16)21-12-15-6-3-4-8-17(15)23-10-9-19-14-23;/h3-4,6,8-10,14,16H,2,5,7,11-13H2,1H3,(H2,20,21,22);1H. The highest BCUT2D eigenvalue weighted by atomic mass is 127. The molecule has 0 bridgehead atoms. The van der Waals surface area contributed by atoms with Gasteiger partial charge in [-0.15, -0.1) is 24.0 Å². The maximum absolute atomic E-state index is 4.77. The number of guanidine groups is 1. The highest BCUT2D eigenvalue weighted by Gasteiger charge is 2.15. The summed E-state index contributed by atoms with van der Waals surface area (Å²) >= 11 is 2.06. The van der Waals surface area contributed by atoms with Crippen LogP contribution >= 0.6 is 35.7 Å². The van der Waals surface area contributed by atoms with Crippen molar-refractivity contribution < 1.29 is 0 Å². The third-order valence-corrected chi connectivity index (χ3v) is 5.45. The van der Waals surface area contributed by atoms with E-state index in [0.717, 1.165) is 24.7 Å². The summed E-state index contributed by atoms with van der Waals surface area (Å²) in [4.78, 5) is 8.90. The lowest BCUT2D eigenvalue weighted by molar-refractivity contribution is 0.727. The highest BCUT2D eigenvalue weighted by Crippen LogP contribution is 2.25. The SMILES string of the molecule is CCNC(=NCc1ccccc1-n1ccnc1)NCC1CCCS1.I. The molecule has 7 heteroatoms. The summed E-state index contributed by atoms with van der Waals surface area (Å²) in [5, 5.41) is 7.54. The normalized spacial score (nSPS) is 17.2. The van der Waals surface area contributed by atoms with Gasteiger partial charge < -0.3 is 15.2 Å². The van der Waals surface area contributed by atoms with E-state index in [9.17, 15) is 0 Å². The average Bonchev–Trinajstić information content (AvgIpc) is 3.31. The number of nitrogens with zero attached hydrogens (tertiary/aromatic N) is 3. The van der Waals surface area contributed by atoms with Crippen LogP contribution in [0.2, 0.25) is 0 Å². The van der Waals surface area contributed by atoms with Crippen LogP contribution in [0.1, 0.15) is 25.3 Å². The van der Waals surface area contributed by atoms with Crippen LogP contribution in [0, 0.1) is 0 Å². The second-order valence-electron chi connectivity index (χ2n) is 5.81. The van der Waals surface area contributed by atoms with Crippen LogP contribution in [-0.4, -0.2) is 39.6 Å². The first-order valence-corrected chi connectivity index (χ1v) is 9.61. The van der Waals surface area contributed by atoms with Crippen LogP contribution < -0.4 is 10.6 Å². The lowest BCUT2D eigenvalue weighted by Crippen LogP contribution is -2.40. The Hall–Kier alpha value is -1.22. The van der Waals surface area contributed by atoms with E-state index in [1.54, 1.807) is 6.20 Å². The first kappa shape index (κ1) is 20.1. The first-order valence-electron chi connectivity index (χ1n) is 8.57. The number of rotatable bonds is 6. The molecule has 0 radical (unpaired) electrons. The minimum absolute atomic E-state index is 0. The summed E-state index contributed by atoms with van der Waals surface area (Å²) in [5.74, 6) is 2.18. The Balaban J connectivity index is 0.00000225. The molecule has 1 saturated heterocycles. The molecule has 0 amide bonds. The van der Waals surface area contributed by atoms with Gasteiger partial charge in [-0.25, -0.2) is 9.98 Å². The van der Waals surface area contributed by atoms with Crippen molar-refractivity contribution in [2.75, 3.05) is 18.8 Å². The van der Waals surface area contributed by atoms with Gasteiger partial charge in [-0.2, -0.15) is 11.8 Å². The Morgan fingerprint density at radius 1 is 1.36 bits per heavy atom. The van der Waals surface area contributed by atoms with Crippen molar-refractivity contribution in [2.45, 2.75) is 31.6 Å². The molecule has 2 N–H and O–H groups in total. The fraction of sp³-hybridized carbons (Fsp3) is 0.444. The quantitative estimate of drug-likeness (QED) is 0.385. The third kappa shape index (κ3) is 5.91. The van der Waals surface area contributed by atoms with Gasteiger partial charge in [0, 0.05) is 30.7 Å². The minimum atomic E-state index is 0. The lowest BCUT2D eigenvalue weighted by atomic mass is 10.2. The van der Waals surface area contributed by atoms with Crippen LogP contribution in [0.15, 0.2) is 48.0 Å². The Kier molecular flexibility index (Phi) is 8.60. The Morgan fingerprint density at radius 2 is 2.24 bits per heavy atom. The molecule has 1 unspecified atom stereocenters. The van der Waals surface area contributed by atoms with Crippen LogP contribution in [0.3, 0.4) is 0 Å². The van der Waals surface area contributed by atoms with E-state index in [-0.39, 0.29) is 24.0 Å². The molecule has 0 saturated carbocycles. The zero-order valence-corrected chi connectivity index (χ0v) is 17.7.